The number of aryl methyl sites for hydroxylation is 2. The monoisotopic (exact) mass is 187 g/mol. The zero-order valence-corrected chi connectivity index (χ0v) is 8.93. The molecule has 1 nitrogen and oxygen atoms in total. The minimum atomic E-state index is 0.428. The number of rotatable bonds is 2. The summed E-state index contributed by atoms with van der Waals surface area (Å²) < 4.78 is 0. The van der Waals surface area contributed by atoms with Gasteiger partial charge in [-0.2, -0.15) is 0 Å². The van der Waals surface area contributed by atoms with Gasteiger partial charge in [0.2, 0.25) is 0 Å². The van der Waals surface area contributed by atoms with E-state index in [-0.39, 0.29) is 0 Å². The summed E-state index contributed by atoms with van der Waals surface area (Å²) in [4.78, 5) is 0. The van der Waals surface area contributed by atoms with Gasteiger partial charge < -0.3 is 5.73 Å². The lowest BCUT2D eigenvalue weighted by Crippen LogP contribution is -1.94. The molecule has 0 spiro atoms. The predicted octanol–water partition coefficient (Wildman–Crippen LogP) is 2.12. The Bertz CT molecular complexity index is 355. The highest BCUT2D eigenvalue weighted by atomic mass is 14.5. The van der Waals surface area contributed by atoms with Crippen molar-refractivity contribution in [2.45, 2.75) is 26.7 Å². The summed E-state index contributed by atoms with van der Waals surface area (Å²) in [5.74, 6) is 5.93. The Hall–Kier alpha value is -1.26. The van der Waals surface area contributed by atoms with E-state index in [1.54, 1.807) is 0 Å². The number of nitrogens with two attached hydrogens (primary N) is 1. The van der Waals surface area contributed by atoms with Crippen molar-refractivity contribution in [3.05, 3.63) is 34.9 Å². The van der Waals surface area contributed by atoms with Gasteiger partial charge in [-0.15, -0.1) is 0 Å². The summed E-state index contributed by atoms with van der Waals surface area (Å²) in [5.41, 5.74) is 9.22. The van der Waals surface area contributed by atoms with Gasteiger partial charge >= 0.3 is 0 Å². The van der Waals surface area contributed by atoms with E-state index < -0.39 is 0 Å². The van der Waals surface area contributed by atoms with Crippen molar-refractivity contribution in [1.29, 1.82) is 0 Å². The molecule has 0 unspecified atom stereocenters. The van der Waals surface area contributed by atoms with Crippen LogP contribution >= 0.6 is 0 Å². The van der Waals surface area contributed by atoms with Crippen LogP contribution in [0, 0.1) is 11.8 Å². The smallest absolute Gasteiger partial charge is 0.0555 e. The van der Waals surface area contributed by atoms with Crippen LogP contribution in [0.1, 0.15) is 30.5 Å². The highest BCUT2D eigenvalue weighted by Gasteiger charge is 1.98. The van der Waals surface area contributed by atoms with Gasteiger partial charge in [-0.3, -0.25) is 0 Å². The average molecular weight is 187 g/mol. The molecule has 0 saturated carbocycles. The molecule has 1 rings (SSSR count). The number of hydrogen-bond donors (Lipinski definition) is 1. The zero-order chi connectivity index (χ0) is 10.4. The molecule has 0 aliphatic rings. The fourth-order valence-corrected chi connectivity index (χ4v) is 1.53. The Balaban J connectivity index is 3.01. The molecule has 0 bridgehead atoms. The topological polar surface area (TPSA) is 26.0 Å². The van der Waals surface area contributed by atoms with E-state index in [0.717, 1.165) is 18.4 Å². The van der Waals surface area contributed by atoms with Crippen LogP contribution in [0.2, 0.25) is 0 Å². The first-order valence-corrected chi connectivity index (χ1v) is 5.12. The molecular formula is C13H17N. The second-order valence-corrected chi connectivity index (χ2v) is 3.20. The molecule has 1 heteroatoms. The Labute approximate surface area is 86.3 Å². The van der Waals surface area contributed by atoms with Crippen molar-refractivity contribution < 1.29 is 0 Å². The Kier molecular flexibility index (Phi) is 4.22. The quantitative estimate of drug-likeness (QED) is 0.705. The van der Waals surface area contributed by atoms with Gasteiger partial charge in [0.1, 0.15) is 0 Å². The van der Waals surface area contributed by atoms with E-state index in [1.165, 1.54) is 11.1 Å². The lowest BCUT2D eigenvalue weighted by molar-refractivity contribution is 1.04. The summed E-state index contributed by atoms with van der Waals surface area (Å²) in [6.07, 6.45) is 2.16. The number of benzene rings is 1. The fourth-order valence-electron chi connectivity index (χ4n) is 1.53. The minimum absolute atomic E-state index is 0.428. The van der Waals surface area contributed by atoms with Crippen LogP contribution in [-0.4, -0.2) is 6.54 Å². The Morgan fingerprint density at radius 3 is 2.43 bits per heavy atom. The molecule has 0 heterocycles. The van der Waals surface area contributed by atoms with Crippen LogP contribution in [0.3, 0.4) is 0 Å². The van der Waals surface area contributed by atoms with Crippen LogP contribution in [-0.2, 0) is 12.8 Å². The molecule has 0 aliphatic carbocycles. The molecule has 0 fully saturated rings. The molecule has 2 N–H and O–H groups in total. The van der Waals surface area contributed by atoms with Gasteiger partial charge in [-0.05, 0) is 36.1 Å². The lowest BCUT2D eigenvalue weighted by atomic mass is 10.0. The van der Waals surface area contributed by atoms with Gasteiger partial charge in [-0.25, -0.2) is 0 Å². The summed E-state index contributed by atoms with van der Waals surface area (Å²) in [6.45, 7) is 4.78. The normalized spacial score (nSPS) is 9.36. The second kappa shape index (κ2) is 5.47. The van der Waals surface area contributed by atoms with Gasteiger partial charge in [0.15, 0.2) is 0 Å². The third kappa shape index (κ3) is 2.61. The van der Waals surface area contributed by atoms with Gasteiger partial charge in [-0.1, -0.05) is 31.8 Å². The molecule has 0 radical (unpaired) electrons. The maximum Gasteiger partial charge on any atom is 0.0555 e. The van der Waals surface area contributed by atoms with Gasteiger partial charge in [0.05, 0.1) is 6.54 Å². The standard InChI is InChI=1S/C13H17N/c1-3-12-8-7-11(6-5-9-14)10-13(12)4-2/h7-8,10H,3-4,9,14H2,1-2H3. The molecule has 74 valence electrons. The summed E-state index contributed by atoms with van der Waals surface area (Å²) in [6, 6.07) is 6.40. The maximum atomic E-state index is 5.33. The fraction of sp³-hybridized carbons (Fsp3) is 0.385. The minimum Gasteiger partial charge on any atom is -0.320 e. The summed E-state index contributed by atoms with van der Waals surface area (Å²) in [7, 11) is 0. The van der Waals surface area contributed by atoms with Gasteiger partial charge in [0.25, 0.3) is 0 Å². The van der Waals surface area contributed by atoms with E-state index in [1.807, 2.05) is 0 Å². The van der Waals surface area contributed by atoms with E-state index >= 15 is 0 Å². The van der Waals surface area contributed by atoms with Crippen LogP contribution in [0.25, 0.3) is 0 Å². The van der Waals surface area contributed by atoms with Crippen LogP contribution in [0.4, 0.5) is 0 Å². The molecule has 0 saturated heterocycles. The molecule has 14 heavy (non-hydrogen) atoms. The van der Waals surface area contributed by atoms with Crippen molar-refractivity contribution in [2.24, 2.45) is 5.73 Å². The zero-order valence-electron chi connectivity index (χ0n) is 8.93. The molecule has 0 aromatic heterocycles. The highest BCUT2D eigenvalue weighted by Crippen LogP contribution is 2.12. The first-order chi connectivity index (χ1) is 6.81. The number of hydrogen-bond acceptors (Lipinski definition) is 1. The van der Waals surface area contributed by atoms with Crippen LogP contribution in [0.5, 0.6) is 0 Å². The second-order valence-electron chi connectivity index (χ2n) is 3.20. The molecule has 1 aromatic rings. The first-order valence-electron chi connectivity index (χ1n) is 5.12. The molecule has 0 aliphatic heterocycles. The van der Waals surface area contributed by atoms with E-state index in [0.29, 0.717) is 6.54 Å². The Morgan fingerprint density at radius 1 is 1.14 bits per heavy atom. The SMILES string of the molecule is CCc1ccc(C#CCN)cc1CC. The summed E-state index contributed by atoms with van der Waals surface area (Å²) >= 11 is 0. The van der Waals surface area contributed by atoms with Gasteiger partial charge in [0, 0.05) is 5.56 Å². The first kappa shape index (κ1) is 10.8. The van der Waals surface area contributed by atoms with E-state index in [2.05, 4.69) is 43.9 Å². The highest BCUT2D eigenvalue weighted by molar-refractivity contribution is 5.41. The van der Waals surface area contributed by atoms with Crippen LogP contribution in [0.15, 0.2) is 18.2 Å². The van der Waals surface area contributed by atoms with Crippen molar-refractivity contribution in [2.75, 3.05) is 6.54 Å². The third-order valence-electron chi connectivity index (χ3n) is 2.30. The van der Waals surface area contributed by atoms with Crippen molar-refractivity contribution in [3.8, 4) is 11.8 Å². The maximum absolute atomic E-state index is 5.33. The Morgan fingerprint density at radius 2 is 1.86 bits per heavy atom. The molecular weight excluding hydrogens is 170 g/mol. The van der Waals surface area contributed by atoms with E-state index in [4.69, 9.17) is 5.73 Å². The lowest BCUT2D eigenvalue weighted by Gasteiger charge is -2.05. The summed E-state index contributed by atoms with van der Waals surface area (Å²) in [5, 5.41) is 0. The van der Waals surface area contributed by atoms with Crippen molar-refractivity contribution >= 4 is 0 Å². The largest absolute Gasteiger partial charge is 0.320 e. The molecule has 0 atom stereocenters. The molecule has 0 amide bonds. The van der Waals surface area contributed by atoms with Crippen LogP contribution < -0.4 is 5.73 Å². The van der Waals surface area contributed by atoms with E-state index in [9.17, 15) is 0 Å². The van der Waals surface area contributed by atoms with Crippen molar-refractivity contribution in [3.63, 3.8) is 0 Å². The average Bonchev–Trinajstić information content (AvgIpc) is 2.25. The third-order valence-corrected chi connectivity index (χ3v) is 2.30. The molecule has 1 aromatic carbocycles. The predicted molar refractivity (Wildman–Crippen MR) is 61.1 cm³/mol. The van der Waals surface area contributed by atoms with Crippen molar-refractivity contribution in [1.82, 2.24) is 0 Å².